The zero-order chi connectivity index (χ0) is 17.6. The first-order chi connectivity index (χ1) is 12.1. The van der Waals surface area contributed by atoms with Crippen LogP contribution in [-0.4, -0.2) is 23.4 Å². The third-order valence-corrected chi connectivity index (χ3v) is 4.95. The lowest BCUT2D eigenvalue weighted by atomic mass is 10.1. The van der Waals surface area contributed by atoms with Crippen molar-refractivity contribution >= 4 is 24.0 Å². The Balaban J connectivity index is 0.00000243. The van der Waals surface area contributed by atoms with E-state index in [4.69, 9.17) is 5.73 Å². The monoisotopic (exact) mass is 376 g/mol. The van der Waals surface area contributed by atoms with Gasteiger partial charge < -0.3 is 10.6 Å². The second kappa shape index (κ2) is 9.58. The number of carbonyl (C=O) groups is 1. The molecule has 0 bridgehead atoms. The van der Waals surface area contributed by atoms with E-state index in [-0.39, 0.29) is 24.1 Å². The zero-order valence-corrected chi connectivity index (χ0v) is 15.7. The standard InChI is InChI=1S/C21H25FN2O.ClH/c22-18-5-3-4-16(14-18)12-13-24(20-6-1-2-7-20)21(25)15-17-8-10-19(23)11-9-17;/h3-5,8-11,14,20H,1-2,6-7,12-13,15,23H2;1H. The molecule has 5 heteroatoms. The van der Waals surface area contributed by atoms with Gasteiger partial charge in [0.25, 0.3) is 0 Å². The van der Waals surface area contributed by atoms with Gasteiger partial charge in [-0.25, -0.2) is 4.39 Å². The van der Waals surface area contributed by atoms with Crippen molar-refractivity contribution in [3.8, 4) is 0 Å². The predicted octanol–water partition coefficient (Wildman–Crippen LogP) is 4.39. The van der Waals surface area contributed by atoms with Gasteiger partial charge >= 0.3 is 0 Å². The van der Waals surface area contributed by atoms with Crippen molar-refractivity contribution in [2.45, 2.75) is 44.6 Å². The summed E-state index contributed by atoms with van der Waals surface area (Å²) >= 11 is 0. The van der Waals surface area contributed by atoms with Crippen LogP contribution in [0.1, 0.15) is 36.8 Å². The predicted molar refractivity (Wildman–Crippen MR) is 106 cm³/mol. The van der Waals surface area contributed by atoms with Crippen LogP contribution in [0.5, 0.6) is 0 Å². The average molecular weight is 377 g/mol. The molecule has 0 radical (unpaired) electrons. The highest BCUT2D eigenvalue weighted by atomic mass is 35.5. The minimum absolute atomic E-state index is 0. The molecule has 3 rings (SSSR count). The Hall–Kier alpha value is -2.07. The van der Waals surface area contributed by atoms with Crippen LogP contribution < -0.4 is 5.73 Å². The van der Waals surface area contributed by atoms with Crippen molar-refractivity contribution in [2.75, 3.05) is 12.3 Å². The van der Waals surface area contributed by atoms with E-state index in [2.05, 4.69) is 0 Å². The molecule has 140 valence electrons. The summed E-state index contributed by atoms with van der Waals surface area (Å²) in [6.07, 6.45) is 5.56. The van der Waals surface area contributed by atoms with Crippen LogP contribution in [0.4, 0.5) is 10.1 Å². The number of benzene rings is 2. The summed E-state index contributed by atoms with van der Waals surface area (Å²) in [5.41, 5.74) is 8.33. The van der Waals surface area contributed by atoms with Crippen LogP contribution in [0, 0.1) is 5.82 Å². The molecule has 1 aliphatic rings. The van der Waals surface area contributed by atoms with Crippen LogP contribution in [0.2, 0.25) is 0 Å². The summed E-state index contributed by atoms with van der Waals surface area (Å²) in [7, 11) is 0. The fourth-order valence-electron chi connectivity index (χ4n) is 3.58. The van der Waals surface area contributed by atoms with Crippen LogP contribution in [-0.2, 0) is 17.6 Å². The molecule has 0 spiro atoms. The lowest BCUT2D eigenvalue weighted by Crippen LogP contribution is -2.41. The molecule has 0 atom stereocenters. The molecule has 0 aromatic heterocycles. The molecule has 1 saturated carbocycles. The Kier molecular flexibility index (Phi) is 7.46. The first kappa shape index (κ1) is 20.2. The Morgan fingerprint density at radius 3 is 2.42 bits per heavy atom. The fourth-order valence-corrected chi connectivity index (χ4v) is 3.58. The van der Waals surface area contributed by atoms with E-state index in [9.17, 15) is 9.18 Å². The molecule has 0 aliphatic heterocycles. The summed E-state index contributed by atoms with van der Waals surface area (Å²) in [5.74, 6) is -0.0776. The number of anilines is 1. The molecule has 0 unspecified atom stereocenters. The first-order valence-corrected chi connectivity index (χ1v) is 9.00. The molecule has 2 N–H and O–H groups in total. The van der Waals surface area contributed by atoms with E-state index in [0.29, 0.717) is 31.1 Å². The Labute approximate surface area is 160 Å². The van der Waals surface area contributed by atoms with Gasteiger partial charge in [-0.3, -0.25) is 4.79 Å². The van der Waals surface area contributed by atoms with Gasteiger partial charge in [0.15, 0.2) is 0 Å². The van der Waals surface area contributed by atoms with E-state index in [0.717, 1.165) is 24.0 Å². The number of amides is 1. The van der Waals surface area contributed by atoms with Crippen LogP contribution in [0.25, 0.3) is 0 Å². The zero-order valence-electron chi connectivity index (χ0n) is 14.9. The minimum atomic E-state index is -0.224. The minimum Gasteiger partial charge on any atom is -0.399 e. The van der Waals surface area contributed by atoms with Crippen LogP contribution in [0.15, 0.2) is 48.5 Å². The van der Waals surface area contributed by atoms with Gasteiger partial charge in [-0.15, -0.1) is 12.4 Å². The van der Waals surface area contributed by atoms with E-state index < -0.39 is 0 Å². The lowest BCUT2D eigenvalue weighted by Gasteiger charge is -2.29. The van der Waals surface area contributed by atoms with Crippen molar-refractivity contribution in [3.63, 3.8) is 0 Å². The largest absolute Gasteiger partial charge is 0.399 e. The summed E-state index contributed by atoms with van der Waals surface area (Å²) in [6, 6.07) is 14.4. The SMILES string of the molecule is Cl.Nc1ccc(CC(=O)N(CCc2cccc(F)c2)C2CCCC2)cc1. The molecule has 1 aliphatic carbocycles. The third kappa shape index (κ3) is 5.46. The van der Waals surface area contributed by atoms with Gasteiger partial charge in [0.05, 0.1) is 6.42 Å². The molecular weight excluding hydrogens is 351 g/mol. The summed E-state index contributed by atoms with van der Waals surface area (Å²) in [6.45, 7) is 0.641. The van der Waals surface area contributed by atoms with Gasteiger partial charge in [-0.2, -0.15) is 0 Å². The highest BCUT2D eigenvalue weighted by Crippen LogP contribution is 2.24. The maximum atomic E-state index is 13.4. The average Bonchev–Trinajstić information content (AvgIpc) is 3.11. The summed E-state index contributed by atoms with van der Waals surface area (Å²) < 4.78 is 13.4. The van der Waals surface area contributed by atoms with Crippen molar-refractivity contribution in [2.24, 2.45) is 0 Å². The Bertz CT molecular complexity index is 714. The number of rotatable bonds is 6. The normalized spacial score (nSPS) is 14.0. The molecule has 0 saturated heterocycles. The number of hydrogen-bond acceptors (Lipinski definition) is 2. The van der Waals surface area contributed by atoms with Crippen molar-refractivity contribution < 1.29 is 9.18 Å². The molecule has 26 heavy (non-hydrogen) atoms. The quantitative estimate of drug-likeness (QED) is 0.760. The fraction of sp³-hybridized carbons (Fsp3) is 0.381. The van der Waals surface area contributed by atoms with E-state index in [1.54, 1.807) is 12.1 Å². The van der Waals surface area contributed by atoms with Gasteiger partial charge in [0.2, 0.25) is 5.91 Å². The number of hydrogen-bond donors (Lipinski definition) is 1. The van der Waals surface area contributed by atoms with Gasteiger partial charge in [0, 0.05) is 18.3 Å². The number of nitrogens with two attached hydrogens (primary N) is 1. The molecular formula is C21H26ClFN2O. The first-order valence-electron chi connectivity index (χ1n) is 9.00. The van der Waals surface area contributed by atoms with E-state index in [1.165, 1.54) is 18.9 Å². The molecule has 0 heterocycles. The van der Waals surface area contributed by atoms with E-state index >= 15 is 0 Å². The maximum Gasteiger partial charge on any atom is 0.227 e. The van der Waals surface area contributed by atoms with Gasteiger partial charge in [0.1, 0.15) is 5.82 Å². The molecule has 2 aromatic rings. The molecule has 2 aromatic carbocycles. The van der Waals surface area contributed by atoms with E-state index in [1.807, 2.05) is 35.2 Å². The summed E-state index contributed by atoms with van der Waals surface area (Å²) in [5, 5.41) is 0. The number of nitrogen functional groups attached to an aromatic ring is 1. The second-order valence-corrected chi connectivity index (χ2v) is 6.82. The van der Waals surface area contributed by atoms with Crippen LogP contribution in [0.3, 0.4) is 0 Å². The molecule has 1 amide bonds. The van der Waals surface area contributed by atoms with Crippen molar-refractivity contribution in [3.05, 3.63) is 65.5 Å². The molecule has 3 nitrogen and oxygen atoms in total. The number of carbonyl (C=O) groups excluding carboxylic acids is 1. The smallest absolute Gasteiger partial charge is 0.227 e. The third-order valence-electron chi connectivity index (χ3n) is 4.95. The van der Waals surface area contributed by atoms with Crippen molar-refractivity contribution in [1.29, 1.82) is 0 Å². The lowest BCUT2D eigenvalue weighted by molar-refractivity contribution is -0.132. The highest BCUT2D eigenvalue weighted by Gasteiger charge is 2.26. The highest BCUT2D eigenvalue weighted by molar-refractivity contribution is 5.85. The van der Waals surface area contributed by atoms with Gasteiger partial charge in [-0.05, 0) is 54.7 Å². The van der Waals surface area contributed by atoms with Gasteiger partial charge in [-0.1, -0.05) is 37.1 Å². The maximum absolute atomic E-state index is 13.4. The Morgan fingerprint density at radius 2 is 1.77 bits per heavy atom. The number of halogens is 2. The van der Waals surface area contributed by atoms with Crippen LogP contribution >= 0.6 is 12.4 Å². The molecule has 1 fully saturated rings. The van der Waals surface area contributed by atoms with Crippen molar-refractivity contribution in [1.82, 2.24) is 4.90 Å². The topological polar surface area (TPSA) is 46.3 Å². The second-order valence-electron chi connectivity index (χ2n) is 6.82. The summed E-state index contributed by atoms with van der Waals surface area (Å²) in [4.78, 5) is 14.9. The Morgan fingerprint density at radius 1 is 1.08 bits per heavy atom. The number of nitrogens with zero attached hydrogens (tertiary/aromatic N) is 1.